The predicted molar refractivity (Wildman–Crippen MR) is 133 cm³/mol. The Morgan fingerprint density at radius 3 is 2.67 bits per heavy atom. The van der Waals surface area contributed by atoms with Crippen molar-refractivity contribution in [1.29, 1.82) is 0 Å². The number of aliphatic hydroxyl groups is 1. The first-order chi connectivity index (χ1) is 18.6. The highest BCUT2D eigenvalue weighted by molar-refractivity contribution is 6.02. The summed E-state index contributed by atoms with van der Waals surface area (Å²) in [5.41, 5.74) is 1.55. The Bertz CT molecular complexity index is 1340. The van der Waals surface area contributed by atoms with E-state index in [1.807, 2.05) is 0 Å². The van der Waals surface area contributed by atoms with Crippen LogP contribution in [0.3, 0.4) is 0 Å². The summed E-state index contributed by atoms with van der Waals surface area (Å²) in [7, 11) is 1.37. The smallest absolute Gasteiger partial charge is 0.387 e. The van der Waals surface area contributed by atoms with Crippen LogP contribution in [0.25, 0.3) is 16.9 Å². The van der Waals surface area contributed by atoms with Gasteiger partial charge < -0.3 is 19.3 Å². The van der Waals surface area contributed by atoms with E-state index in [0.717, 1.165) is 12.8 Å². The average Bonchev–Trinajstić information content (AvgIpc) is 3.52. The molecule has 2 fully saturated rings. The first kappa shape index (κ1) is 27.2. The maximum absolute atomic E-state index is 13.5. The number of β-amino-alcohol motifs (C(OH)–C–C–N with tert-alkyl or cyclic N) is 1. The van der Waals surface area contributed by atoms with E-state index in [2.05, 4.69) is 4.98 Å². The molecule has 0 bridgehead atoms. The lowest BCUT2D eigenvalue weighted by atomic mass is 10.00. The fourth-order valence-corrected chi connectivity index (χ4v) is 4.81. The second kappa shape index (κ2) is 11.0. The highest BCUT2D eigenvalue weighted by atomic mass is 19.3. The molecule has 1 aromatic carbocycles. The minimum atomic E-state index is -3.12. The highest BCUT2D eigenvalue weighted by Gasteiger charge is 2.46. The third kappa shape index (κ3) is 6.11. The molecule has 1 saturated heterocycles. The molecule has 5 rings (SSSR count). The molecule has 8 nitrogen and oxygen atoms in total. The molecule has 2 aliphatic rings. The van der Waals surface area contributed by atoms with E-state index in [1.54, 1.807) is 35.0 Å². The van der Waals surface area contributed by atoms with Crippen LogP contribution in [0, 0.1) is 5.92 Å². The zero-order chi connectivity index (χ0) is 27.7. The number of ketones is 1. The number of benzene rings is 1. The van der Waals surface area contributed by atoms with Crippen molar-refractivity contribution in [2.45, 2.75) is 44.3 Å². The standard InChI is InChI=1S/C27H29F4N3O5/c1-37-21-10-17(11-22(39-26(28)29)25(21)20(35)9-16-3-4-16)19-13-32-24-12-18(5-7-34(19)24)38-8-2-6-33-14-23(36)27(30,31)15-33/h5,7,10-13,16,23,26,36H,2-4,6,8-9,14-15H2,1H3. The Kier molecular flexibility index (Phi) is 7.68. The number of aliphatic hydroxyl groups excluding tert-OH is 1. The minimum absolute atomic E-state index is 0.00474. The van der Waals surface area contributed by atoms with Crippen LogP contribution in [0.15, 0.2) is 36.7 Å². The first-order valence-corrected chi connectivity index (χ1v) is 12.7. The van der Waals surface area contributed by atoms with Crippen molar-refractivity contribution in [3.63, 3.8) is 0 Å². The van der Waals surface area contributed by atoms with Crippen LogP contribution in [0.1, 0.15) is 36.0 Å². The monoisotopic (exact) mass is 551 g/mol. The molecule has 1 atom stereocenters. The van der Waals surface area contributed by atoms with E-state index < -0.39 is 25.2 Å². The lowest BCUT2D eigenvalue weighted by Gasteiger charge is -2.16. The number of methoxy groups -OCH3 is 1. The van der Waals surface area contributed by atoms with Crippen LogP contribution in [0.2, 0.25) is 0 Å². The summed E-state index contributed by atoms with van der Waals surface area (Å²) in [6, 6.07) is 6.39. The van der Waals surface area contributed by atoms with Crippen LogP contribution in [0.5, 0.6) is 17.2 Å². The van der Waals surface area contributed by atoms with E-state index in [1.165, 1.54) is 18.1 Å². The number of Topliss-reactive ketones (excluding diaryl/α,β-unsaturated/α-hetero) is 1. The number of hydrogen-bond donors (Lipinski definition) is 1. The Labute approximate surface area is 222 Å². The molecule has 1 aliphatic carbocycles. The largest absolute Gasteiger partial charge is 0.496 e. The molecule has 3 aromatic rings. The van der Waals surface area contributed by atoms with Crippen LogP contribution in [0.4, 0.5) is 17.6 Å². The van der Waals surface area contributed by atoms with Crippen LogP contribution in [-0.2, 0) is 0 Å². The van der Waals surface area contributed by atoms with Gasteiger partial charge in [-0.05, 0) is 43.4 Å². The maximum Gasteiger partial charge on any atom is 0.387 e. The van der Waals surface area contributed by atoms with E-state index in [0.29, 0.717) is 35.6 Å². The van der Waals surface area contributed by atoms with Gasteiger partial charge in [0.05, 0.1) is 32.2 Å². The maximum atomic E-state index is 13.5. The summed E-state index contributed by atoms with van der Waals surface area (Å²) in [5.74, 6) is -2.71. The van der Waals surface area contributed by atoms with Crippen molar-refractivity contribution in [1.82, 2.24) is 14.3 Å². The van der Waals surface area contributed by atoms with Gasteiger partial charge in [-0.15, -0.1) is 0 Å². The SMILES string of the molecule is COc1cc(-c2cnc3cc(OCCCN4CC(O)C(F)(F)C4)ccn23)cc(OC(F)F)c1C(=O)CC1CC1. The molecule has 1 aliphatic heterocycles. The normalized spacial score (nSPS) is 19.1. The van der Waals surface area contributed by atoms with E-state index in [4.69, 9.17) is 14.2 Å². The lowest BCUT2D eigenvalue weighted by molar-refractivity contribution is -0.0730. The van der Waals surface area contributed by atoms with Gasteiger partial charge in [-0.3, -0.25) is 14.1 Å². The van der Waals surface area contributed by atoms with Crippen molar-refractivity contribution in [3.8, 4) is 28.5 Å². The Hall–Kier alpha value is -3.38. The van der Waals surface area contributed by atoms with E-state index in [9.17, 15) is 27.5 Å². The minimum Gasteiger partial charge on any atom is -0.496 e. The molecule has 1 N–H and O–H groups in total. The van der Waals surface area contributed by atoms with Crippen molar-refractivity contribution in [3.05, 3.63) is 42.2 Å². The number of aromatic nitrogens is 2. The number of halogens is 4. The molecule has 1 unspecified atom stereocenters. The topological polar surface area (TPSA) is 85.5 Å². The number of fused-ring (bicyclic) bond motifs is 1. The van der Waals surface area contributed by atoms with Gasteiger partial charge in [-0.1, -0.05) is 0 Å². The van der Waals surface area contributed by atoms with Gasteiger partial charge in [-0.2, -0.15) is 8.78 Å². The Morgan fingerprint density at radius 2 is 2.00 bits per heavy atom. The molecule has 0 spiro atoms. The number of rotatable bonds is 12. The number of carbonyl (C=O) groups excluding carboxylic acids is 1. The number of likely N-dealkylation sites (tertiary alicyclic amines) is 1. The molecule has 210 valence electrons. The number of ether oxygens (including phenoxy) is 3. The molecule has 3 heterocycles. The predicted octanol–water partition coefficient (Wildman–Crippen LogP) is 4.67. The Balaban J connectivity index is 1.31. The van der Waals surface area contributed by atoms with Gasteiger partial charge >= 0.3 is 6.61 Å². The summed E-state index contributed by atoms with van der Waals surface area (Å²) >= 11 is 0. The summed E-state index contributed by atoms with van der Waals surface area (Å²) in [6.45, 7) is -3.01. The molecule has 1 saturated carbocycles. The van der Waals surface area contributed by atoms with Crippen molar-refractivity contribution in [2.24, 2.45) is 5.92 Å². The molecule has 0 amide bonds. The third-order valence-corrected chi connectivity index (χ3v) is 6.97. The summed E-state index contributed by atoms with van der Waals surface area (Å²) in [6.07, 6.45) is 4.24. The summed E-state index contributed by atoms with van der Waals surface area (Å²) < 4.78 is 71.1. The van der Waals surface area contributed by atoms with Gasteiger partial charge in [-0.25, -0.2) is 13.8 Å². The summed E-state index contributed by atoms with van der Waals surface area (Å²) in [5, 5.41) is 9.41. The van der Waals surface area contributed by atoms with Gasteiger partial charge in [0.15, 0.2) is 5.78 Å². The van der Waals surface area contributed by atoms with Crippen LogP contribution >= 0.6 is 0 Å². The zero-order valence-corrected chi connectivity index (χ0v) is 21.3. The van der Waals surface area contributed by atoms with Crippen molar-refractivity contribution >= 4 is 11.4 Å². The summed E-state index contributed by atoms with van der Waals surface area (Å²) in [4.78, 5) is 18.8. The van der Waals surface area contributed by atoms with Gasteiger partial charge in [0.2, 0.25) is 0 Å². The number of pyridine rings is 1. The van der Waals surface area contributed by atoms with E-state index in [-0.39, 0.29) is 48.3 Å². The molecular formula is C27H29F4N3O5. The van der Waals surface area contributed by atoms with Crippen LogP contribution in [-0.4, -0.2) is 77.2 Å². The molecule has 0 radical (unpaired) electrons. The molecule has 39 heavy (non-hydrogen) atoms. The van der Waals surface area contributed by atoms with E-state index >= 15 is 0 Å². The second-order valence-electron chi connectivity index (χ2n) is 9.95. The fourth-order valence-electron chi connectivity index (χ4n) is 4.81. The lowest BCUT2D eigenvalue weighted by Crippen LogP contribution is -2.31. The number of imidazole rings is 1. The average molecular weight is 552 g/mol. The van der Waals surface area contributed by atoms with Crippen molar-refractivity contribution < 1.29 is 41.7 Å². The molecule has 2 aromatic heterocycles. The first-order valence-electron chi connectivity index (χ1n) is 12.7. The van der Waals surface area contributed by atoms with Gasteiger partial charge in [0, 0.05) is 37.3 Å². The Morgan fingerprint density at radius 1 is 1.23 bits per heavy atom. The molecule has 12 heteroatoms. The number of alkyl halides is 4. The third-order valence-electron chi connectivity index (χ3n) is 6.97. The van der Waals surface area contributed by atoms with Gasteiger partial charge in [0.1, 0.15) is 34.6 Å². The number of hydrogen-bond acceptors (Lipinski definition) is 7. The zero-order valence-electron chi connectivity index (χ0n) is 21.3. The number of carbonyl (C=O) groups is 1. The number of nitrogens with zero attached hydrogens (tertiary/aromatic N) is 3. The fraction of sp³-hybridized carbons (Fsp3) is 0.481. The van der Waals surface area contributed by atoms with Gasteiger partial charge in [0.25, 0.3) is 5.92 Å². The second-order valence-corrected chi connectivity index (χ2v) is 9.95. The quantitative estimate of drug-likeness (QED) is 0.199. The highest BCUT2D eigenvalue weighted by Crippen LogP contribution is 2.40. The van der Waals surface area contributed by atoms with Crippen LogP contribution < -0.4 is 14.2 Å². The molecular weight excluding hydrogens is 522 g/mol. The van der Waals surface area contributed by atoms with Crippen molar-refractivity contribution in [2.75, 3.05) is 33.4 Å².